The molecule has 2 heterocycles. The largest absolute Gasteiger partial charge is 0.493 e. The van der Waals surface area contributed by atoms with Crippen LogP contribution in [-0.4, -0.2) is 39.9 Å². The molecule has 0 unspecified atom stereocenters. The Morgan fingerprint density at radius 1 is 1.08 bits per heavy atom. The Labute approximate surface area is 144 Å². The van der Waals surface area contributed by atoms with Crippen molar-refractivity contribution in [1.29, 1.82) is 0 Å². The van der Waals surface area contributed by atoms with Crippen molar-refractivity contribution in [3.63, 3.8) is 0 Å². The third-order valence-corrected chi connectivity index (χ3v) is 3.75. The minimum atomic E-state index is 0.187. The van der Waals surface area contributed by atoms with Gasteiger partial charge in [-0.3, -0.25) is 0 Å². The van der Waals surface area contributed by atoms with Gasteiger partial charge < -0.3 is 15.2 Å². The molecule has 0 atom stereocenters. The zero-order valence-electron chi connectivity index (χ0n) is 13.4. The second-order valence-corrected chi connectivity index (χ2v) is 5.45. The quantitative estimate of drug-likeness (QED) is 0.685. The summed E-state index contributed by atoms with van der Waals surface area (Å²) in [6, 6.07) is 5.58. The van der Waals surface area contributed by atoms with Crippen molar-refractivity contribution in [2.45, 2.75) is 6.42 Å². The summed E-state index contributed by atoms with van der Waals surface area (Å²) in [5.74, 6) is 2.10. The fraction of sp³-hybridized carbons (Fsp3) is 0.250. The van der Waals surface area contributed by atoms with Gasteiger partial charge in [0, 0.05) is 12.0 Å². The maximum Gasteiger partial charge on any atom is 0.222 e. The van der Waals surface area contributed by atoms with Crippen molar-refractivity contribution in [1.82, 2.24) is 19.9 Å². The van der Waals surface area contributed by atoms with Crippen LogP contribution in [0.15, 0.2) is 24.4 Å². The fourth-order valence-electron chi connectivity index (χ4n) is 2.40. The lowest BCUT2D eigenvalue weighted by Gasteiger charge is -2.10. The van der Waals surface area contributed by atoms with Crippen LogP contribution in [-0.2, 0) is 6.42 Å². The molecule has 0 bridgehead atoms. The van der Waals surface area contributed by atoms with E-state index in [2.05, 4.69) is 32.6 Å². The average molecular weight is 343 g/mol. The molecule has 0 aliphatic heterocycles. The normalized spacial score (nSPS) is 10.8. The number of nitrogens with zero attached hydrogens (tertiary/aromatic N) is 4. The summed E-state index contributed by atoms with van der Waals surface area (Å²) < 4.78 is 10.6. The summed E-state index contributed by atoms with van der Waals surface area (Å²) in [5.41, 5.74) is 9.12. The van der Waals surface area contributed by atoms with E-state index < -0.39 is 0 Å². The van der Waals surface area contributed by atoms with E-state index in [4.69, 9.17) is 15.2 Å². The lowest BCUT2D eigenvalue weighted by molar-refractivity contribution is 0.355. The number of aryl methyl sites for hydroxylation is 1. The first-order valence-electron chi connectivity index (χ1n) is 7.28. The molecule has 0 aliphatic carbocycles. The van der Waals surface area contributed by atoms with Crippen LogP contribution in [0.25, 0.3) is 22.4 Å². The van der Waals surface area contributed by atoms with Crippen molar-refractivity contribution >= 4 is 29.7 Å². The first kappa shape index (κ1) is 16.3. The first-order valence-corrected chi connectivity index (χ1v) is 7.92. The van der Waals surface area contributed by atoms with Gasteiger partial charge in [-0.2, -0.15) is 17.6 Å². The van der Waals surface area contributed by atoms with E-state index >= 15 is 0 Å². The predicted octanol–water partition coefficient (Wildman–Crippen LogP) is 2.16. The highest BCUT2D eigenvalue weighted by molar-refractivity contribution is 7.80. The van der Waals surface area contributed by atoms with Crippen molar-refractivity contribution in [3.05, 3.63) is 30.1 Å². The Kier molecular flexibility index (Phi) is 4.66. The Hall–Kier alpha value is -2.61. The molecule has 3 rings (SSSR count). The third-order valence-electron chi connectivity index (χ3n) is 3.52. The predicted molar refractivity (Wildman–Crippen MR) is 95.6 cm³/mol. The van der Waals surface area contributed by atoms with Crippen molar-refractivity contribution in [2.75, 3.05) is 25.7 Å². The molecule has 0 amide bonds. The molecule has 0 aliphatic rings. The lowest BCUT2D eigenvalue weighted by atomic mass is 10.1. The Morgan fingerprint density at radius 3 is 2.58 bits per heavy atom. The van der Waals surface area contributed by atoms with Gasteiger partial charge in [-0.05, 0) is 24.0 Å². The van der Waals surface area contributed by atoms with E-state index in [-0.39, 0.29) is 5.95 Å². The minimum Gasteiger partial charge on any atom is -0.493 e. The van der Waals surface area contributed by atoms with Gasteiger partial charge in [0.05, 0.1) is 31.8 Å². The number of hydrogen-bond donors (Lipinski definition) is 2. The standard InChI is InChI=1S/C16H17N5O2S/c1-22-12-4-3-9(7-13(12)23-2)11-8-18-15-14(19-11)10(5-6-24)20-16(17)21-15/h3-4,7-8,24H,5-6H2,1-2H3,(H2,17,18,20,21). The van der Waals surface area contributed by atoms with E-state index in [1.165, 1.54) is 0 Å². The summed E-state index contributed by atoms with van der Waals surface area (Å²) in [4.78, 5) is 17.4. The smallest absolute Gasteiger partial charge is 0.222 e. The molecular formula is C16H17N5O2S. The van der Waals surface area contributed by atoms with Gasteiger partial charge in [-0.15, -0.1) is 0 Å². The maximum atomic E-state index is 5.73. The van der Waals surface area contributed by atoms with Gasteiger partial charge in [-0.25, -0.2) is 15.0 Å². The molecule has 3 aromatic rings. The highest BCUT2D eigenvalue weighted by Crippen LogP contribution is 2.31. The van der Waals surface area contributed by atoms with Crippen LogP contribution in [0.3, 0.4) is 0 Å². The van der Waals surface area contributed by atoms with Crippen LogP contribution in [0.1, 0.15) is 5.69 Å². The minimum absolute atomic E-state index is 0.187. The zero-order chi connectivity index (χ0) is 17.1. The maximum absolute atomic E-state index is 5.73. The van der Waals surface area contributed by atoms with Gasteiger partial charge >= 0.3 is 0 Å². The van der Waals surface area contributed by atoms with Crippen LogP contribution in [0, 0.1) is 0 Å². The van der Waals surface area contributed by atoms with Gasteiger partial charge in [0.15, 0.2) is 17.1 Å². The fourth-order valence-corrected chi connectivity index (χ4v) is 2.61. The molecule has 124 valence electrons. The number of benzene rings is 1. The number of nitrogens with two attached hydrogens (primary N) is 1. The van der Waals surface area contributed by atoms with Gasteiger partial charge in [0.1, 0.15) is 5.52 Å². The molecular weight excluding hydrogens is 326 g/mol. The number of ether oxygens (including phenoxy) is 2. The van der Waals surface area contributed by atoms with Crippen molar-refractivity contribution < 1.29 is 9.47 Å². The molecule has 7 nitrogen and oxygen atoms in total. The van der Waals surface area contributed by atoms with Crippen LogP contribution < -0.4 is 15.2 Å². The highest BCUT2D eigenvalue weighted by Gasteiger charge is 2.12. The summed E-state index contributed by atoms with van der Waals surface area (Å²) in [5, 5.41) is 0. The molecule has 24 heavy (non-hydrogen) atoms. The van der Waals surface area contributed by atoms with Gasteiger partial charge in [-0.1, -0.05) is 0 Å². The number of fused-ring (bicyclic) bond motifs is 1. The SMILES string of the molecule is COc1ccc(-c2cnc3nc(N)nc(CCS)c3n2)cc1OC. The molecule has 2 aromatic heterocycles. The molecule has 0 saturated heterocycles. The molecule has 0 saturated carbocycles. The second kappa shape index (κ2) is 6.88. The number of thiol groups is 1. The van der Waals surface area contributed by atoms with E-state index in [0.717, 1.165) is 11.3 Å². The van der Waals surface area contributed by atoms with Crippen molar-refractivity contribution in [2.24, 2.45) is 0 Å². The number of hydrogen-bond acceptors (Lipinski definition) is 8. The Bertz CT molecular complexity index is 888. The summed E-state index contributed by atoms with van der Waals surface area (Å²) in [6.07, 6.45) is 2.29. The second-order valence-electron chi connectivity index (χ2n) is 5.00. The molecule has 1 aromatic carbocycles. The molecule has 2 N–H and O–H groups in total. The lowest BCUT2D eigenvalue weighted by Crippen LogP contribution is -2.04. The number of nitrogen functional groups attached to an aromatic ring is 1. The number of anilines is 1. The van der Waals surface area contributed by atoms with Crippen LogP contribution in [0.5, 0.6) is 11.5 Å². The summed E-state index contributed by atoms with van der Waals surface area (Å²) in [6.45, 7) is 0. The van der Waals surface area contributed by atoms with E-state index in [1.54, 1.807) is 20.4 Å². The first-order chi connectivity index (χ1) is 11.7. The number of rotatable bonds is 5. The summed E-state index contributed by atoms with van der Waals surface area (Å²) >= 11 is 4.26. The van der Waals surface area contributed by atoms with E-state index in [9.17, 15) is 0 Å². The van der Waals surface area contributed by atoms with Gasteiger partial charge in [0.2, 0.25) is 5.95 Å². The molecule has 0 spiro atoms. The van der Waals surface area contributed by atoms with Crippen molar-refractivity contribution in [3.8, 4) is 22.8 Å². The number of aromatic nitrogens is 4. The number of methoxy groups -OCH3 is 2. The zero-order valence-corrected chi connectivity index (χ0v) is 14.2. The molecule has 8 heteroatoms. The Balaban J connectivity index is 2.13. The summed E-state index contributed by atoms with van der Waals surface area (Å²) in [7, 11) is 3.19. The van der Waals surface area contributed by atoms with Crippen LogP contribution in [0.2, 0.25) is 0 Å². The third kappa shape index (κ3) is 3.05. The monoisotopic (exact) mass is 343 g/mol. The topological polar surface area (TPSA) is 96.0 Å². The molecule has 0 fully saturated rings. The molecule has 0 radical (unpaired) electrons. The highest BCUT2D eigenvalue weighted by atomic mass is 32.1. The average Bonchev–Trinajstić information content (AvgIpc) is 2.61. The van der Waals surface area contributed by atoms with E-state index in [0.29, 0.717) is 40.5 Å². The van der Waals surface area contributed by atoms with Crippen LogP contribution >= 0.6 is 12.6 Å². The van der Waals surface area contributed by atoms with E-state index in [1.807, 2.05) is 18.2 Å². The Morgan fingerprint density at radius 2 is 1.88 bits per heavy atom. The van der Waals surface area contributed by atoms with Gasteiger partial charge in [0.25, 0.3) is 0 Å². The van der Waals surface area contributed by atoms with Crippen LogP contribution in [0.4, 0.5) is 5.95 Å².